The normalized spacial score (nSPS) is 10.4. The first-order valence-corrected chi connectivity index (χ1v) is 4.25. The van der Waals surface area contributed by atoms with Gasteiger partial charge in [-0.05, 0) is 24.4 Å². The summed E-state index contributed by atoms with van der Waals surface area (Å²) in [7, 11) is 0. The van der Waals surface area contributed by atoms with E-state index < -0.39 is 17.2 Å². The van der Waals surface area contributed by atoms with Crippen LogP contribution >= 0.6 is 12.2 Å². The van der Waals surface area contributed by atoms with Crippen molar-refractivity contribution in [3.05, 3.63) is 17.7 Å². The average molecular weight is 227 g/mol. The van der Waals surface area contributed by atoms with Gasteiger partial charge in [-0.3, -0.25) is 5.43 Å². The van der Waals surface area contributed by atoms with Gasteiger partial charge in [0.25, 0.3) is 0 Å². The Hall–Kier alpha value is -2.02. The zero-order chi connectivity index (χ0) is 11.4. The van der Waals surface area contributed by atoms with Crippen molar-refractivity contribution < 1.29 is 15.3 Å². The third kappa shape index (κ3) is 2.71. The Bertz CT molecular complexity index is 420. The monoisotopic (exact) mass is 227 g/mol. The number of hydrogen-bond donors (Lipinski definition) is 5. The molecule has 0 aliphatic heterocycles. The lowest BCUT2D eigenvalue weighted by molar-refractivity contribution is 0.367. The van der Waals surface area contributed by atoms with E-state index in [4.69, 9.17) is 15.9 Å². The Morgan fingerprint density at radius 2 is 2.00 bits per heavy atom. The maximum Gasteiger partial charge on any atom is 0.200 e. The summed E-state index contributed by atoms with van der Waals surface area (Å²) in [6, 6.07) is 2.59. The minimum absolute atomic E-state index is 0.0197. The van der Waals surface area contributed by atoms with Crippen molar-refractivity contribution in [2.24, 2.45) is 10.8 Å². The van der Waals surface area contributed by atoms with Crippen LogP contribution < -0.4 is 11.2 Å². The van der Waals surface area contributed by atoms with E-state index in [9.17, 15) is 5.11 Å². The predicted octanol–water partition coefficient (Wildman–Crippen LogP) is -0.0295. The largest absolute Gasteiger partial charge is 0.504 e. The quantitative estimate of drug-likeness (QED) is 0.210. The van der Waals surface area contributed by atoms with Crippen molar-refractivity contribution in [1.82, 2.24) is 5.43 Å². The smallest absolute Gasteiger partial charge is 0.200 e. The molecule has 0 aliphatic rings. The summed E-state index contributed by atoms with van der Waals surface area (Å²) in [6.45, 7) is 0. The van der Waals surface area contributed by atoms with E-state index in [0.29, 0.717) is 0 Å². The molecule has 0 saturated carbocycles. The third-order valence-corrected chi connectivity index (χ3v) is 1.63. The molecule has 1 aromatic rings. The summed E-state index contributed by atoms with van der Waals surface area (Å²) < 4.78 is 0. The van der Waals surface area contributed by atoms with E-state index in [1.54, 1.807) is 0 Å². The van der Waals surface area contributed by atoms with Crippen molar-refractivity contribution in [1.29, 1.82) is 0 Å². The highest BCUT2D eigenvalue weighted by atomic mass is 32.1. The number of hydrazone groups is 1. The topological polar surface area (TPSA) is 111 Å². The summed E-state index contributed by atoms with van der Waals surface area (Å²) in [5.74, 6) is -1.48. The molecule has 0 heterocycles. The van der Waals surface area contributed by atoms with Gasteiger partial charge in [0.1, 0.15) is 0 Å². The lowest BCUT2D eigenvalue weighted by Gasteiger charge is -2.03. The minimum Gasteiger partial charge on any atom is -0.504 e. The van der Waals surface area contributed by atoms with Crippen LogP contribution in [0.4, 0.5) is 0 Å². The molecule has 0 saturated heterocycles. The molecule has 15 heavy (non-hydrogen) atoms. The molecule has 0 radical (unpaired) electrons. The lowest BCUT2D eigenvalue weighted by Crippen LogP contribution is -2.23. The van der Waals surface area contributed by atoms with Gasteiger partial charge in [-0.15, -0.1) is 0 Å². The molecular formula is C8H9N3O3S. The number of hydrogen-bond acceptors (Lipinski definition) is 5. The second kappa shape index (κ2) is 4.47. The van der Waals surface area contributed by atoms with Crippen molar-refractivity contribution in [2.75, 3.05) is 0 Å². The van der Waals surface area contributed by atoms with Crippen molar-refractivity contribution in [2.45, 2.75) is 0 Å². The summed E-state index contributed by atoms with van der Waals surface area (Å²) in [4.78, 5) is 0. The average Bonchev–Trinajstić information content (AvgIpc) is 2.18. The van der Waals surface area contributed by atoms with E-state index in [0.717, 1.165) is 0 Å². The van der Waals surface area contributed by atoms with Crippen LogP contribution in [0.3, 0.4) is 0 Å². The molecule has 0 spiro atoms. The molecule has 0 aromatic heterocycles. The van der Waals surface area contributed by atoms with Crippen LogP contribution in [-0.4, -0.2) is 26.6 Å². The van der Waals surface area contributed by atoms with Crippen LogP contribution in [0.25, 0.3) is 0 Å². The summed E-state index contributed by atoms with van der Waals surface area (Å²) in [6.07, 6.45) is 1.20. The highest BCUT2D eigenvalue weighted by Crippen LogP contribution is 2.35. The first kappa shape index (κ1) is 11.1. The van der Waals surface area contributed by atoms with Crippen LogP contribution in [0.2, 0.25) is 0 Å². The Balaban J connectivity index is 2.92. The molecular weight excluding hydrogens is 218 g/mol. The number of nitrogens with two attached hydrogens (primary N) is 1. The van der Waals surface area contributed by atoms with Gasteiger partial charge in [0.2, 0.25) is 5.75 Å². The zero-order valence-electron chi connectivity index (χ0n) is 7.51. The Labute approximate surface area is 90.7 Å². The second-order valence-corrected chi connectivity index (χ2v) is 3.05. The standard InChI is InChI=1S/C8H9N3O3S/c9-8(15)11-10-3-4-1-2-5(12)7(14)6(4)13/h1-3,12-14H,(H3,9,11,15)/b10-3+. The van der Waals surface area contributed by atoms with Gasteiger partial charge in [-0.25, -0.2) is 0 Å². The van der Waals surface area contributed by atoms with Gasteiger partial charge in [0.15, 0.2) is 16.6 Å². The Morgan fingerprint density at radius 3 is 2.60 bits per heavy atom. The highest BCUT2D eigenvalue weighted by molar-refractivity contribution is 7.80. The number of phenols is 3. The second-order valence-electron chi connectivity index (χ2n) is 2.61. The third-order valence-electron chi connectivity index (χ3n) is 1.54. The van der Waals surface area contributed by atoms with E-state index in [2.05, 4.69) is 22.7 Å². The molecule has 1 aromatic carbocycles. The molecule has 7 heteroatoms. The van der Waals surface area contributed by atoms with E-state index >= 15 is 0 Å². The Morgan fingerprint density at radius 1 is 1.33 bits per heavy atom. The number of nitrogens with one attached hydrogen (secondary N) is 1. The molecule has 1 rings (SSSR count). The highest BCUT2D eigenvalue weighted by Gasteiger charge is 2.08. The fourth-order valence-electron chi connectivity index (χ4n) is 0.854. The zero-order valence-corrected chi connectivity index (χ0v) is 8.32. The van der Waals surface area contributed by atoms with Gasteiger partial charge in [-0.1, -0.05) is 0 Å². The van der Waals surface area contributed by atoms with E-state index in [1.165, 1.54) is 18.3 Å². The Kier molecular flexibility index (Phi) is 3.29. The number of benzene rings is 1. The molecule has 6 N–H and O–H groups in total. The first-order valence-electron chi connectivity index (χ1n) is 3.84. The number of phenolic OH excluding ortho intramolecular Hbond substituents is 3. The van der Waals surface area contributed by atoms with Crippen LogP contribution in [0.5, 0.6) is 17.2 Å². The first-order chi connectivity index (χ1) is 7.02. The number of thiocarbonyl (C=S) groups is 1. The van der Waals surface area contributed by atoms with Gasteiger partial charge < -0.3 is 21.1 Å². The van der Waals surface area contributed by atoms with Crippen LogP contribution in [-0.2, 0) is 0 Å². The summed E-state index contributed by atoms with van der Waals surface area (Å²) in [5.41, 5.74) is 7.60. The van der Waals surface area contributed by atoms with Crippen molar-refractivity contribution in [3.63, 3.8) is 0 Å². The van der Waals surface area contributed by atoms with Crippen molar-refractivity contribution >= 4 is 23.5 Å². The summed E-state index contributed by atoms with van der Waals surface area (Å²) in [5, 5.41) is 31.1. The molecule has 0 unspecified atom stereocenters. The fraction of sp³-hybridized carbons (Fsp3) is 0. The maximum absolute atomic E-state index is 9.35. The number of aromatic hydroxyl groups is 3. The van der Waals surface area contributed by atoms with Gasteiger partial charge in [0.05, 0.1) is 6.21 Å². The molecule has 0 fully saturated rings. The number of nitrogens with zero attached hydrogens (tertiary/aromatic N) is 1. The maximum atomic E-state index is 9.35. The molecule has 0 atom stereocenters. The molecule has 80 valence electrons. The fourth-order valence-corrected chi connectivity index (χ4v) is 0.907. The van der Waals surface area contributed by atoms with Crippen LogP contribution in [0, 0.1) is 0 Å². The van der Waals surface area contributed by atoms with Crippen LogP contribution in [0.15, 0.2) is 17.2 Å². The SMILES string of the molecule is NC(=S)N/N=C/c1ccc(O)c(O)c1O. The minimum atomic E-state index is -0.603. The van der Waals surface area contributed by atoms with Gasteiger partial charge in [0, 0.05) is 5.56 Å². The summed E-state index contributed by atoms with van der Waals surface area (Å²) >= 11 is 4.49. The van der Waals surface area contributed by atoms with Gasteiger partial charge >= 0.3 is 0 Å². The molecule has 0 aliphatic carbocycles. The number of rotatable bonds is 2. The predicted molar refractivity (Wildman–Crippen MR) is 59.0 cm³/mol. The van der Waals surface area contributed by atoms with Crippen molar-refractivity contribution in [3.8, 4) is 17.2 Å². The van der Waals surface area contributed by atoms with E-state index in [-0.39, 0.29) is 10.7 Å². The van der Waals surface area contributed by atoms with E-state index in [1.807, 2.05) is 0 Å². The van der Waals surface area contributed by atoms with Crippen LogP contribution in [0.1, 0.15) is 5.56 Å². The molecule has 0 amide bonds. The molecule has 0 bridgehead atoms. The molecule has 6 nitrogen and oxygen atoms in total. The van der Waals surface area contributed by atoms with Gasteiger partial charge in [-0.2, -0.15) is 5.10 Å². The lowest BCUT2D eigenvalue weighted by atomic mass is 10.2.